The van der Waals surface area contributed by atoms with Crippen molar-refractivity contribution in [2.24, 2.45) is 0 Å². The second-order valence-electron chi connectivity index (χ2n) is 4.25. The average molecular weight is 328 g/mol. The van der Waals surface area contributed by atoms with Gasteiger partial charge >= 0.3 is 12.3 Å². The van der Waals surface area contributed by atoms with E-state index in [1.54, 1.807) is 0 Å². The lowest BCUT2D eigenvalue weighted by Crippen LogP contribution is -2.56. The fourth-order valence-electron chi connectivity index (χ4n) is 1.75. The molecule has 1 aliphatic heterocycles. The average Bonchev–Trinajstić information content (AvgIpc) is 2.24. The molecule has 0 bridgehead atoms. The molecule has 0 aromatic heterocycles. The highest BCUT2D eigenvalue weighted by Gasteiger charge is 2.41. The summed E-state index contributed by atoms with van der Waals surface area (Å²) in [5, 5.41) is 7.99. The lowest BCUT2D eigenvalue weighted by Gasteiger charge is -2.37. The zero-order valence-corrected chi connectivity index (χ0v) is 11.4. The maximum Gasteiger partial charge on any atom is 0.416 e. The van der Waals surface area contributed by atoms with Gasteiger partial charge in [-0.2, -0.15) is 13.2 Å². The molecule has 0 radical (unpaired) electrons. The topological polar surface area (TPSA) is 63.6 Å². The highest BCUT2D eigenvalue weighted by molar-refractivity contribution is 7.92. The van der Waals surface area contributed by atoms with Crippen LogP contribution in [0, 0.1) is 0 Å². The third-order valence-electron chi connectivity index (χ3n) is 2.90. The zero-order chi connectivity index (χ0) is 15.1. The Morgan fingerprint density at radius 1 is 1.45 bits per heavy atom. The fourth-order valence-corrected chi connectivity index (χ4v) is 3.60. The number of alkyl halides is 3. The number of carbonyl (C=O) groups is 1. The third kappa shape index (κ3) is 2.97. The molecule has 1 aliphatic rings. The number of nitrogens with zero attached hydrogens (tertiary/aromatic N) is 1. The number of amides is 1. The molecule has 1 amide bonds. The summed E-state index contributed by atoms with van der Waals surface area (Å²) >= 11 is 4.10. The quantitative estimate of drug-likeness (QED) is 0.850. The summed E-state index contributed by atoms with van der Waals surface area (Å²) < 4.78 is 49.5. The number of hydrogen-bond donors (Lipinski definition) is 1. The zero-order valence-electron chi connectivity index (χ0n) is 9.85. The van der Waals surface area contributed by atoms with Gasteiger partial charge in [0, 0.05) is 0 Å². The van der Waals surface area contributed by atoms with Crippen LogP contribution in [0.1, 0.15) is 5.56 Å². The van der Waals surface area contributed by atoms with Crippen LogP contribution >= 0.6 is 11.6 Å². The second kappa shape index (κ2) is 5.34. The summed E-state index contributed by atoms with van der Waals surface area (Å²) in [4.78, 5) is 11.7. The van der Waals surface area contributed by atoms with E-state index < -0.39 is 34.3 Å². The van der Waals surface area contributed by atoms with E-state index in [-0.39, 0.29) is 23.0 Å². The Morgan fingerprint density at radius 2 is 2.05 bits per heavy atom. The van der Waals surface area contributed by atoms with E-state index in [1.807, 2.05) is 0 Å². The highest BCUT2D eigenvalue weighted by Crippen LogP contribution is 2.35. The van der Waals surface area contributed by atoms with E-state index in [2.05, 4.69) is 0 Å². The Morgan fingerprint density at radius 3 is 2.50 bits per heavy atom. The van der Waals surface area contributed by atoms with Crippen LogP contribution in [-0.2, 0) is 17.4 Å². The molecule has 1 N–H and O–H groups in total. The van der Waals surface area contributed by atoms with Gasteiger partial charge in [-0.15, -0.1) is 0 Å². The van der Waals surface area contributed by atoms with Crippen LogP contribution in [0.5, 0.6) is 0 Å². The Kier molecular flexibility index (Phi) is 4.08. The molecule has 4 nitrogen and oxygen atoms in total. The van der Waals surface area contributed by atoms with Gasteiger partial charge < -0.3 is 9.66 Å². The molecule has 9 heteroatoms. The molecule has 110 valence electrons. The van der Waals surface area contributed by atoms with E-state index in [1.165, 1.54) is 0 Å². The second-order valence-corrected chi connectivity index (χ2v) is 6.36. The molecule has 1 heterocycles. The van der Waals surface area contributed by atoms with Crippen molar-refractivity contribution in [3.8, 4) is 0 Å². The number of carboxylic acid groups (broad SMARTS) is 1. The minimum absolute atomic E-state index is 0.0826. The van der Waals surface area contributed by atoms with E-state index >= 15 is 0 Å². The van der Waals surface area contributed by atoms with E-state index in [4.69, 9.17) is 16.7 Å². The van der Waals surface area contributed by atoms with Gasteiger partial charge in [-0.25, -0.2) is 4.79 Å². The van der Waals surface area contributed by atoms with Crippen molar-refractivity contribution in [2.45, 2.75) is 16.3 Å². The molecule has 1 atom stereocenters. The maximum atomic E-state index is 12.5. The van der Waals surface area contributed by atoms with Crippen LogP contribution < -0.4 is 0 Å². The normalized spacial score (nSPS) is 17.8. The number of likely N-dealkylation sites (tertiary alicyclic amines) is 1. The molecule has 0 unspecified atom stereocenters. The van der Waals surface area contributed by atoms with Crippen LogP contribution in [-0.4, -0.2) is 39.0 Å². The lowest BCUT2D eigenvalue weighted by atomic mass is 10.2. The van der Waals surface area contributed by atoms with Gasteiger partial charge in [-0.05, 0) is 29.4 Å². The molecule has 2 rings (SSSR count). The first-order valence-corrected chi connectivity index (χ1v) is 7.04. The summed E-state index contributed by atoms with van der Waals surface area (Å²) in [6, 6.07) is 2.61. The van der Waals surface area contributed by atoms with E-state index in [9.17, 15) is 22.5 Å². The first kappa shape index (κ1) is 15.3. The number of benzene rings is 1. The van der Waals surface area contributed by atoms with Crippen molar-refractivity contribution in [2.75, 3.05) is 13.1 Å². The molecule has 20 heavy (non-hydrogen) atoms. The monoisotopic (exact) mass is 327 g/mol. The third-order valence-corrected chi connectivity index (χ3v) is 5.02. The summed E-state index contributed by atoms with van der Waals surface area (Å²) in [5.74, 6) is 0. The van der Waals surface area contributed by atoms with E-state index in [0.717, 1.165) is 23.1 Å². The molecule has 1 fully saturated rings. The first-order chi connectivity index (χ1) is 9.20. The van der Waals surface area contributed by atoms with Crippen LogP contribution in [0.3, 0.4) is 0 Å². The van der Waals surface area contributed by atoms with Gasteiger partial charge in [-0.1, -0.05) is 11.6 Å². The van der Waals surface area contributed by atoms with Crippen molar-refractivity contribution in [1.29, 1.82) is 0 Å². The van der Waals surface area contributed by atoms with Crippen molar-refractivity contribution >= 4 is 28.9 Å². The molecule has 0 aliphatic carbocycles. The summed E-state index contributed by atoms with van der Waals surface area (Å²) in [5.41, 5.74) is -0.913. The lowest BCUT2D eigenvalue weighted by molar-refractivity contribution is -0.137. The van der Waals surface area contributed by atoms with Crippen LogP contribution in [0.4, 0.5) is 18.0 Å². The standard InChI is InChI=1S/C11H9ClF3NO3S/c12-8-3-6(11(13,14)15)1-2-9(8)20(19)7-4-16(5-7)10(17)18/h1-3,7H,4-5H2,(H,17,18)/t20-/m0/s1. The minimum atomic E-state index is -4.51. The van der Waals surface area contributed by atoms with Crippen LogP contribution in [0.25, 0.3) is 0 Å². The van der Waals surface area contributed by atoms with Crippen LogP contribution in [0.2, 0.25) is 5.02 Å². The van der Waals surface area contributed by atoms with Crippen LogP contribution in [0.15, 0.2) is 23.1 Å². The van der Waals surface area contributed by atoms with Crippen molar-refractivity contribution < 1.29 is 27.6 Å². The molecular weight excluding hydrogens is 319 g/mol. The van der Waals surface area contributed by atoms with Gasteiger partial charge in [0.05, 0.1) is 23.7 Å². The van der Waals surface area contributed by atoms with Gasteiger partial charge in [-0.3, -0.25) is 4.90 Å². The molecule has 0 saturated carbocycles. The summed E-state index contributed by atoms with van der Waals surface area (Å²) in [6.45, 7) is 0.165. The molecule has 1 saturated heterocycles. The summed E-state index contributed by atoms with van der Waals surface area (Å²) in [6.07, 6.45) is -5.63. The number of halogens is 4. The van der Waals surface area contributed by atoms with E-state index in [0.29, 0.717) is 0 Å². The largest absolute Gasteiger partial charge is 0.611 e. The molecule has 0 spiro atoms. The Balaban J connectivity index is 2.12. The smallest absolute Gasteiger partial charge is 0.416 e. The van der Waals surface area contributed by atoms with Gasteiger partial charge in [0.25, 0.3) is 0 Å². The first-order valence-electron chi connectivity index (χ1n) is 5.45. The van der Waals surface area contributed by atoms with Gasteiger partial charge in [0.15, 0.2) is 10.1 Å². The van der Waals surface area contributed by atoms with Crippen molar-refractivity contribution in [3.05, 3.63) is 28.8 Å². The fraction of sp³-hybridized carbons (Fsp3) is 0.364. The predicted molar refractivity (Wildman–Crippen MR) is 66.2 cm³/mol. The number of rotatable bonds is 2. The summed E-state index contributed by atoms with van der Waals surface area (Å²) in [7, 11) is 0. The molecule has 1 aromatic carbocycles. The van der Waals surface area contributed by atoms with Gasteiger partial charge in [0.2, 0.25) is 0 Å². The van der Waals surface area contributed by atoms with Gasteiger partial charge in [0.1, 0.15) is 0 Å². The molecular formula is C11H9ClF3NO3S. The maximum absolute atomic E-state index is 12.5. The molecule has 1 aromatic rings. The Labute approximate surface area is 120 Å². The SMILES string of the molecule is O=C(O)N1CC([S@+]([O-])c2ccc(C(F)(F)F)cc2Cl)C1. The van der Waals surface area contributed by atoms with Crippen molar-refractivity contribution in [1.82, 2.24) is 4.90 Å². The number of hydrogen-bond acceptors (Lipinski definition) is 2. The Bertz CT molecular complexity index is 534. The minimum Gasteiger partial charge on any atom is -0.611 e. The predicted octanol–water partition coefficient (Wildman–Crippen LogP) is 2.83. The van der Waals surface area contributed by atoms with Crippen molar-refractivity contribution in [3.63, 3.8) is 0 Å². The highest BCUT2D eigenvalue weighted by atomic mass is 35.5. The Hall–Kier alpha value is -1.12.